The van der Waals surface area contributed by atoms with Crippen molar-refractivity contribution in [1.29, 1.82) is 0 Å². The van der Waals surface area contributed by atoms with E-state index in [2.05, 4.69) is 15.4 Å². The number of carbonyl (C=O) groups is 1. The Bertz CT molecular complexity index is 245. The lowest BCUT2D eigenvalue weighted by Gasteiger charge is -1.87. The van der Waals surface area contributed by atoms with Gasteiger partial charge in [-0.15, -0.1) is 22.0 Å². The summed E-state index contributed by atoms with van der Waals surface area (Å²) in [4.78, 5) is 10.5. The molecule has 10 heavy (non-hydrogen) atoms. The van der Waals surface area contributed by atoms with Crippen LogP contribution >= 0.6 is 11.8 Å². The number of rotatable bonds is 2. The van der Waals surface area contributed by atoms with Gasteiger partial charge in [0.2, 0.25) is 0 Å². The van der Waals surface area contributed by atoms with Gasteiger partial charge in [-0.2, -0.15) is 5.21 Å². The van der Waals surface area contributed by atoms with E-state index in [4.69, 9.17) is 5.73 Å². The number of amides is 1. The molecule has 1 aromatic rings. The number of H-pyrrole nitrogens is 1. The maximum absolute atomic E-state index is 10.5. The number of aromatic nitrogens is 3. The third-order valence-electron chi connectivity index (χ3n) is 0.943. The number of nitrogens with zero attached hydrogens (tertiary/aromatic N) is 2. The van der Waals surface area contributed by atoms with Crippen molar-refractivity contribution in [3.05, 3.63) is 5.69 Å². The van der Waals surface area contributed by atoms with E-state index in [9.17, 15) is 4.79 Å². The summed E-state index contributed by atoms with van der Waals surface area (Å²) in [6, 6.07) is 0. The molecule has 1 rings (SSSR count). The normalized spacial score (nSPS) is 9.70. The van der Waals surface area contributed by atoms with Crippen molar-refractivity contribution in [2.45, 2.75) is 5.03 Å². The molecule has 0 aliphatic heterocycles. The highest BCUT2D eigenvalue weighted by molar-refractivity contribution is 7.98. The lowest BCUT2D eigenvalue weighted by atomic mass is 10.5. The van der Waals surface area contributed by atoms with Crippen LogP contribution in [0.5, 0.6) is 0 Å². The molecule has 3 N–H and O–H groups in total. The predicted octanol–water partition coefficient (Wildman–Crippen LogP) is -0.374. The minimum absolute atomic E-state index is 0.201. The highest BCUT2D eigenvalue weighted by atomic mass is 32.2. The van der Waals surface area contributed by atoms with Crippen molar-refractivity contribution in [1.82, 2.24) is 15.4 Å². The number of carbonyl (C=O) groups excluding carboxylic acids is 1. The van der Waals surface area contributed by atoms with Crippen LogP contribution in [0.15, 0.2) is 5.03 Å². The van der Waals surface area contributed by atoms with Gasteiger partial charge >= 0.3 is 0 Å². The van der Waals surface area contributed by atoms with Gasteiger partial charge in [0.05, 0.1) is 0 Å². The Morgan fingerprint density at radius 3 is 2.80 bits per heavy atom. The topological polar surface area (TPSA) is 84.7 Å². The number of nitrogens with one attached hydrogen (secondary N) is 1. The summed E-state index contributed by atoms with van der Waals surface area (Å²) in [5.41, 5.74) is 5.16. The Morgan fingerprint density at radius 1 is 1.70 bits per heavy atom. The van der Waals surface area contributed by atoms with E-state index in [0.717, 1.165) is 0 Å². The first-order chi connectivity index (χ1) is 4.75. The van der Waals surface area contributed by atoms with E-state index in [1.165, 1.54) is 11.8 Å². The molecule has 0 atom stereocenters. The molecule has 1 heterocycles. The molecule has 5 nitrogen and oxygen atoms in total. The van der Waals surface area contributed by atoms with E-state index in [1.54, 1.807) is 6.26 Å². The molecule has 6 heteroatoms. The molecule has 1 amide bonds. The van der Waals surface area contributed by atoms with E-state index >= 15 is 0 Å². The van der Waals surface area contributed by atoms with Crippen LogP contribution in [0.2, 0.25) is 0 Å². The molecule has 0 saturated carbocycles. The molecular formula is C4H6N4OS. The van der Waals surface area contributed by atoms with Crippen LogP contribution < -0.4 is 5.73 Å². The van der Waals surface area contributed by atoms with E-state index < -0.39 is 5.91 Å². The van der Waals surface area contributed by atoms with Gasteiger partial charge in [0, 0.05) is 0 Å². The summed E-state index contributed by atoms with van der Waals surface area (Å²) in [7, 11) is 0. The predicted molar refractivity (Wildman–Crippen MR) is 36.7 cm³/mol. The van der Waals surface area contributed by atoms with Crippen LogP contribution in [-0.2, 0) is 0 Å². The third kappa shape index (κ3) is 1.10. The lowest BCUT2D eigenvalue weighted by Crippen LogP contribution is -2.12. The van der Waals surface area contributed by atoms with Crippen LogP contribution in [0.3, 0.4) is 0 Å². The van der Waals surface area contributed by atoms with Crippen LogP contribution in [0.4, 0.5) is 0 Å². The first-order valence-corrected chi connectivity index (χ1v) is 3.72. The summed E-state index contributed by atoms with van der Waals surface area (Å²) >= 11 is 1.32. The van der Waals surface area contributed by atoms with Crippen LogP contribution in [0, 0.1) is 0 Å². The number of hydrogen-bond donors (Lipinski definition) is 2. The second-order valence-electron chi connectivity index (χ2n) is 1.55. The Balaban J connectivity index is 3.01. The number of primary amides is 1. The molecule has 0 unspecified atom stereocenters. The van der Waals surface area contributed by atoms with Gasteiger partial charge < -0.3 is 5.73 Å². The van der Waals surface area contributed by atoms with Crippen molar-refractivity contribution in [2.24, 2.45) is 5.73 Å². The minimum atomic E-state index is -0.557. The molecule has 0 aliphatic rings. The molecule has 0 radical (unpaired) electrons. The largest absolute Gasteiger partial charge is 0.364 e. The lowest BCUT2D eigenvalue weighted by molar-refractivity contribution is 0.0992. The Hall–Kier alpha value is -1.04. The number of hydrogen-bond acceptors (Lipinski definition) is 4. The summed E-state index contributed by atoms with van der Waals surface area (Å²) < 4.78 is 0. The van der Waals surface area contributed by atoms with Crippen molar-refractivity contribution >= 4 is 17.7 Å². The van der Waals surface area contributed by atoms with Gasteiger partial charge in [0.15, 0.2) is 10.7 Å². The Morgan fingerprint density at radius 2 is 2.40 bits per heavy atom. The quantitative estimate of drug-likeness (QED) is 0.575. The zero-order valence-corrected chi connectivity index (χ0v) is 6.10. The smallest absolute Gasteiger partial charge is 0.272 e. The molecule has 0 aliphatic carbocycles. The molecular weight excluding hydrogens is 152 g/mol. The molecule has 0 fully saturated rings. The molecule has 54 valence electrons. The summed E-state index contributed by atoms with van der Waals surface area (Å²) in [6.07, 6.45) is 1.80. The summed E-state index contributed by atoms with van der Waals surface area (Å²) in [5, 5.41) is 10.1. The fraction of sp³-hybridized carbons (Fsp3) is 0.250. The fourth-order valence-corrected chi connectivity index (χ4v) is 0.996. The number of thioether (sulfide) groups is 1. The first-order valence-electron chi connectivity index (χ1n) is 2.50. The summed E-state index contributed by atoms with van der Waals surface area (Å²) in [5.74, 6) is -0.557. The van der Waals surface area contributed by atoms with Gasteiger partial charge in [-0.1, -0.05) is 0 Å². The van der Waals surface area contributed by atoms with Crippen molar-refractivity contribution in [3.8, 4) is 0 Å². The van der Waals surface area contributed by atoms with Crippen LogP contribution in [-0.4, -0.2) is 27.6 Å². The first kappa shape index (κ1) is 7.07. The minimum Gasteiger partial charge on any atom is -0.364 e. The van der Waals surface area contributed by atoms with Gasteiger partial charge in [0.25, 0.3) is 5.91 Å². The maximum Gasteiger partial charge on any atom is 0.272 e. The second-order valence-corrected chi connectivity index (χ2v) is 2.34. The van der Waals surface area contributed by atoms with E-state index in [-0.39, 0.29) is 5.69 Å². The van der Waals surface area contributed by atoms with Crippen molar-refractivity contribution in [2.75, 3.05) is 6.26 Å². The van der Waals surface area contributed by atoms with Gasteiger partial charge in [0.1, 0.15) is 0 Å². The third-order valence-corrected chi connectivity index (χ3v) is 1.61. The monoisotopic (exact) mass is 158 g/mol. The average Bonchev–Trinajstić information content (AvgIpc) is 2.33. The van der Waals surface area contributed by atoms with E-state index in [0.29, 0.717) is 5.03 Å². The second kappa shape index (κ2) is 2.70. The van der Waals surface area contributed by atoms with E-state index in [1.807, 2.05) is 0 Å². The zero-order valence-electron chi connectivity index (χ0n) is 5.29. The average molecular weight is 158 g/mol. The molecule has 0 bridgehead atoms. The molecule has 0 aromatic carbocycles. The summed E-state index contributed by atoms with van der Waals surface area (Å²) in [6.45, 7) is 0. The van der Waals surface area contributed by atoms with Crippen molar-refractivity contribution in [3.63, 3.8) is 0 Å². The van der Waals surface area contributed by atoms with Gasteiger partial charge in [-0.3, -0.25) is 4.79 Å². The van der Waals surface area contributed by atoms with Crippen LogP contribution in [0.25, 0.3) is 0 Å². The molecule has 0 saturated heterocycles. The fourth-order valence-electron chi connectivity index (χ4n) is 0.524. The van der Waals surface area contributed by atoms with Gasteiger partial charge in [-0.25, -0.2) is 0 Å². The number of nitrogens with two attached hydrogens (primary N) is 1. The number of aromatic amines is 1. The highest BCUT2D eigenvalue weighted by Crippen LogP contribution is 2.12. The molecule has 0 spiro atoms. The van der Waals surface area contributed by atoms with Crippen LogP contribution in [0.1, 0.15) is 10.5 Å². The Labute approximate surface area is 61.4 Å². The standard InChI is InChI=1S/C4H6N4OS/c1-10-4-2(3(5)9)6-8-7-4/h1H3,(H2,5,9)(H,6,7,8). The SMILES string of the molecule is CSc1n[nH]nc1C(N)=O. The zero-order chi connectivity index (χ0) is 7.56. The molecule has 1 aromatic heterocycles. The van der Waals surface area contributed by atoms with Gasteiger partial charge in [-0.05, 0) is 6.26 Å². The highest BCUT2D eigenvalue weighted by Gasteiger charge is 2.10. The maximum atomic E-state index is 10.5. The Kier molecular flexibility index (Phi) is 1.91. The van der Waals surface area contributed by atoms with Crippen molar-refractivity contribution < 1.29 is 4.79 Å².